The summed E-state index contributed by atoms with van der Waals surface area (Å²) in [5.74, 6) is 1.40. The lowest BCUT2D eigenvalue weighted by Crippen LogP contribution is -2.29. The molecule has 0 amide bonds. The molecule has 1 aromatic heterocycles. The van der Waals surface area contributed by atoms with Crippen LogP contribution in [-0.4, -0.2) is 41.6 Å². The summed E-state index contributed by atoms with van der Waals surface area (Å²) < 4.78 is 5.82. The van der Waals surface area contributed by atoms with E-state index in [2.05, 4.69) is 31.1 Å². The van der Waals surface area contributed by atoms with Crippen LogP contribution in [0.4, 0.5) is 11.5 Å². The number of nitrogens with zero attached hydrogens (tertiary/aromatic N) is 3. The minimum absolute atomic E-state index is 0.0178. The van der Waals surface area contributed by atoms with Gasteiger partial charge in [-0.05, 0) is 59.6 Å². The Morgan fingerprint density at radius 3 is 2.62 bits per heavy atom. The van der Waals surface area contributed by atoms with Gasteiger partial charge >= 0.3 is 0 Å². The molecule has 1 aliphatic rings. The molecule has 0 bridgehead atoms. The summed E-state index contributed by atoms with van der Waals surface area (Å²) in [6.45, 7) is 3.02. The molecule has 7 nitrogen and oxygen atoms in total. The van der Waals surface area contributed by atoms with E-state index in [1.54, 1.807) is 7.11 Å². The third kappa shape index (κ3) is 4.50. The maximum absolute atomic E-state index is 10.9. The largest absolute Gasteiger partial charge is 0.497 e. The molecule has 2 aromatic rings. The minimum atomic E-state index is -0.452. The molecule has 0 aliphatic carbocycles. The van der Waals surface area contributed by atoms with Crippen LogP contribution in [0.15, 0.2) is 41.0 Å². The van der Waals surface area contributed by atoms with E-state index >= 15 is 0 Å². The molecule has 3 rings (SSSR count). The van der Waals surface area contributed by atoms with Gasteiger partial charge in [0.1, 0.15) is 17.8 Å². The van der Waals surface area contributed by atoms with Crippen molar-refractivity contribution in [2.45, 2.75) is 18.9 Å². The number of ether oxygens (including phenoxy) is 1. The molecule has 138 valence electrons. The minimum Gasteiger partial charge on any atom is -0.497 e. The monoisotopic (exact) mass is 420 g/mol. The zero-order chi connectivity index (χ0) is 18.5. The molecule has 0 spiro atoms. The van der Waals surface area contributed by atoms with E-state index in [-0.39, 0.29) is 11.7 Å². The van der Waals surface area contributed by atoms with Crippen LogP contribution in [0, 0.1) is 10.1 Å². The molecule has 2 heterocycles. The van der Waals surface area contributed by atoms with Crippen LogP contribution in [0.5, 0.6) is 5.75 Å². The molecule has 1 aromatic carbocycles. The zero-order valence-corrected chi connectivity index (χ0v) is 16.1. The highest BCUT2D eigenvalue weighted by atomic mass is 79.9. The maximum atomic E-state index is 10.9. The SMILES string of the molecule is COc1ccc([C@H](CN2CCCC2)Nc2ncc([N+](=O)[O-])cc2Br)cc1. The number of halogens is 1. The maximum Gasteiger partial charge on any atom is 0.288 e. The van der Waals surface area contributed by atoms with Gasteiger partial charge in [-0.1, -0.05) is 12.1 Å². The van der Waals surface area contributed by atoms with Crippen molar-refractivity contribution in [3.8, 4) is 5.75 Å². The van der Waals surface area contributed by atoms with Gasteiger partial charge in [0, 0.05) is 12.6 Å². The molecule has 0 unspecified atom stereocenters. The topological polar surface area (TPSA) is 80.5 Å². The Morgan fingerprint density at radius 2 is 2.04 bits per heavy atom. The van der Waals surface area contributed by atoms with E-state index in [4.69, 9.17) is 4.74 Å². The van der Waals surface area contributed by atoms with E-state index in [9.17, 15) is 10.1 Å². The Kier molecular flexibility index (Phi) is 6.05. The van der Waals surface area contributed by atoms with Crippen molar-refractivity contribution >= 4 is 27.4 Å². The molecule has 1 aliphatic heterocycles. The highest BCUT2D eigenvalue weighted by Gasteiger charge is 2.21. The summed E-state index contributed by atoms with van der Waals surface area (Å²) in [5, 5.41) is 14.3. The number of pyridine rings is 1. The van der Waals surface area contributed by atoms with Crippen molar-refractivity contribution in [1.82, 2.24) is 9.88 Å². The molecule has 8 heteroatoms. The highest BCUT2D eigenvalue weighted by molar-refractivity contribution is 9.10. The summed E-state index contributed by atoms with van der Waals surface area (Å²) >= 11 is 3.39. The first-order valence-corrected chi connectivity index (χ1v) is 9.29. The smallest absolute Gasteiger partial charge is 0.288 e. The van der Waals surface area contributed by atoms with Crippen LogP contribution in [0.1, 0.15) is 24.4 Å². The Morgan fingerprint density at radius 1 is 1.35 bits per heavy atom. The van der Waals surface area contributed by atoms with Gasteiger partial charge in [0.25, 0.3) is 5.69 Å². The number of hydrogen-bond donors (Lipinski definition) is 1. The first-order chi connectivity index (χ1) is 12.6. The normalized spacial score (nSPS) is 15.6. The lowest BCUT2D eigenvalue weighted by Gasteiger charge is -2.26. The molecule has 1 N–H and O–H groups in total. The Bertz CT molecular complexity index is 764. The third-order valence-electron chi connectivity index (χ3n) is 4.51. The fourth-order valence-corrected chi connectivity index (χ4v) is 3.54. The number of likely N-dealkylation sites (tertiary alicyclic amines) is 1. The van der Waals surface area contributed by atoms with Gasteiger partial charge < -0.3 is 15.0 Å². The fourth-order valence-electron chi connectivity index (χ4n) is 3.09. The van der Waals surface area contributed by atoms with Crippen molar-refractivity contribution in [3.63, 3.8) is 0 Å². The van der Waals surface area contributed by atoms with Gasteiger partial charge in [-0.2, -0.15) is 0 Å². The van der Waals surface area contributed by atoms with Crippen LogP contribution in [-0.2, 0) is 0 Å². The number of methoxy groups -OCH3 is 1. The second-order valence-corrected chi connectivity index (χ2v) is 7.11. The van der Waals surface area contributed by atoms with E-state index in [1.807, 2.05) is 24.3 Å². The summed E-state index contributed by atoms with van der Waals surface area (Å²) in [7, 11) is 1.65. The fraction of sp³-hybridized carbons (Fsp3) is 0.389. The molecular formula is C18H21BrN4O3. The Balaban J connectivity index is 1.83. The van der Waals surface area contributed by atoms with E-state index in [0.717, 1.165) is 30.9 Å². The van der Waals surface area contributed by atoms with Crippen LogP contribution < -0.4 is 10.1 Å². The van der Waals surface area contributed by atoms with Crippen molar-refractivity contribution in [3.05, 3.63) is 56.7 Å². The molecule has 0 radical (unpaired) electrons. The predicted molar refractivity (Wildman–Crippen MR) is 104 cm³/mol. The summed E-state index contributed by atoms with van der Waals surface area (Å²) in [4.78, 5) is 17.1. The van der Waals surface area contributed by atoms with Gasteiger partial charge in [0.15, 0.2) is 0 Å². The Hall–Kier alpha value is -2.19. The van der Waals surface area contributed by atoms with Gasteiger partial charge in [-0.25, -0.2) is 4.98 Å². The quantitative estimate of drug-likeness (QED) is 0.538. The third-order valence-corrected chi connectivity index (χ3v) is 5.11. The van der Waals surface area contributed by atoms with Gasteiger partial charge in [-0.15, -0.1) is 0 Å². The van der Waals surface area contributed by atoms with Crippen LogP contribution in [0.2, 0.25) is 0 Å². The number of benzene rings is 1. The molecule has 1 atom stereocenters. The first-order valence-electron chi connectivity index (χ1n) is 8.49. The summed E-state index contributed by atoms with van der Waals surface area (Å²) in [6.07, 6.45) is 3.71. The first kappa shape index (κ1) is 18.6. The Labute approximate surface area is 160 Å². The number of rotatable bonds is 7. The average Bonchev–Trinajstić information content (AvgIpc) is 3.15. The number of hydrogen-bond acceptors (Lipinski definition) is 6. The number of nitro groups is 1. The van der Waals surface area contributed by atoms with Crippen molar-refractivity contribution in [2.75, 3.05) is 32.1 Å². The van der Waals surface area contributed by atoms with E-state index in [0.29, 0.717) is 10.3 Å². The molecule has 0 saturated carbocycles. The molecule has 1 fully saturated rings. The van der Waals surface area contributed by atoms with Crippen LogP contribution >= 0.6 is 15.9 Å². The van der Waals surface area contributed by atoms with Gasteiger partial charge in [0.2, 0.25) is 0 Å². The number of nitrogens with one attached hydrogen (secondary N) is 1. The van der Waals surface area contributed by atoms with Crippen molar-refractivity contribution in [2.24, 2.45) is 0 Å². The van der Waals surface area contributed by atoms with Crippen LogP contribution in [0.25, 0.3) is 0 Å². The van der Waals surface area contributed by atoms with E-state index < -0.39 is 4.92 Å². The van der Waals surface area contributed by atoms with Gasteiger partial charge in [0.05, 0.1) is 22.5 Å². The summed E-state index contributed by atoms with van der Waals surface area (Å²) in [5.41, 5.74) is 1.08. The lowest BCUT2D eigenvalue weighted by molar-refractivity contribution is -0.385. The number of anilines is 1. The zero-order valence-electron chi connectivity index (χ0n) is 14.5. The lowest BCUT2D eigenvalue weighted by atomic mass is 10.1. The molecule has 1 saturated heterocycles. The highest BCUT2D eigenvalue weighted by Crippen LogP contribution is 2.29. The van der Waals surface area contributed by atoms with Crippen molar-refractivity contribution < 1.29 is 9.66 Å². The summed E-state index contributed by atoms with van der Waals surface area (Å²) in [6, 6.07) is 9.43. The number of aromatic nitrogens is 1. The molecular weight excluding hydrogens is 400 g/mol. The van der Waals surface area contributed by atoms with Crippen molar-refractivity contribution in [1.29, 1.82) is 0 Å². The second kappa shape index (κ2) is 8.46. The van der Waals surface area contributed by atoms with Gasteiger partial charge in [-0.3, -0.25) is 10.1 Å². The van der Waals surface area contributed by atoms with Crippen LogP contribution in [0.3, 0.4) is 0 Å². The molecule has 26 heavy (non-hydrogen) atoms. The standard InChI is InChI=1S/C18H21BrN4O3/c1-26-15-6-4-13(5-7-15)17(12-22-8-2-3-9-22)21-18-16(19)10-14(11-20-18)23(24)25/h4-7,10-11,17H,2-3,8-9,12H2,1H3,(H,20,21)/t17-/m0/s1. The average molecular weight is 421 g/mol. The van der Waals surface area contributed by atoms with E-state index in [1.165, 1.54) is 25.1 Å². The predicted octanol–water partition coefficient (Wildman–Crippen LogP) is 4.01. The second-order valence-electron chi connectivity index (χ2n) is 6.26.